The molecule has 1 unspecified atom stereocenters. The van der Waals surface area contributed by atoms with Crippen LogP contribution in [0.25, 0.3) is 21.8 Å². The number of carbonyl (C=O) groups excluding carboxylic acids is 1. The van der Waals surface area contributed by atoms with Gasteiger partial charge in [0.25, 0.3) is 5.91 Å². The number of fused-ring (bicyclic) bond motifs is 3. The summed E-state index contributed by atoms with van der Waals surface area (Å²) in [6, 6.07) is 23.1. The lowest BCUT2D eigenvalue weighted by molar-refractivity contribution is -0.133. The smallest absolute Gasteiger partial charge is 0.260 e. The van der Waals surface area contributed by atoms with E-state index < -0.39 is 11.5 Å². The number of para-hydroxylation sites is 1. The summed E-state index contributed by atoms with van der Waals surface area (Å²) >= 11 is 0. The Morgan fingerprint density at radius 1 is 0.963 bits per heavy atom. The summed E-state index contributed by atoms with van der Waals surface area (Å²) in [5, 5.41) is 15.8. The highest BCUT2D eigenvalue weighted by molar-refractivity contribution is 6.10. The van der Waals surface area contributed by atoms with Gasteiger partial charge in [-0.25, -0.2) is 0 Å². The zero-order chi connectivity index (χ0) is 19.0. The number of aryl methyl sites for hydroxylation is 1. The van der Waals surface area contributed by atoms with Crippen LogP contribution in [0, 0.1) is 0 Å². The molecule has 1 atom stereocenters. The number of rotatable bonds is 4. The molecule has 0 saturated heterocycles. The SMILES string of the molecule is CCn1c2ccccc2c2cc(NC(=O)C(C)(O)c3ccccc3)ccc21. The van der Waals surface area contributed by atoms with Gasteiger partial charge in [0.05, 0.1) is 0 Å². The van der Waals surface area contributed by atoms with E-state index in [1.165, 1.54) is 12.4 Å². The highest BCUT2D eigenvalue weighted by Gasteiger charge is 2.32. The predicted octanol–water partition coefficient (Wildman–Crippen LogP) is 4.66. The maximum atomic E-state index is 12.7. The second kappa shape index (κ2) is 6.56. The van der Waals surface area contributed by atoms with Gasteiger partial charge in [-0.2, -0.15) is 0 Å². The van der Waals surface area contributed by atoms with Crippen LogP contribution in [0.2, 0.25) is 0 Å². The molecule has 27 heavy (non-hydrogen) atoms. The third-order valence-corrected chi connectivity index (χ3v) is 5.12. The average molecular weight is 358 g/mol. The standard InChI is InChI=1S/C23H22N2O2/c1-3-25-20-12-8-7-11-18(20)19-15-17(13-14-21(19)25)24-22(26)23(2,27)16-9-5-4-6-10-16/h4-15,27H,3H2,1-2H3,(H,24,26). The number of nitrogens with one attached hydrogen (secondary N) is 1. The Kier molecular flexibility index (Phi) is 4.21. The van der Waals surface area contributed by atoms with E-state index in [9.17, 15) is 9.90 Å². The maximum absolute atomic E-state index is 12.7. The van der Waals surface area contributed by atoms with Crippen LogP contribution < -0.4 is 5.32 Å². The van der Waals surface area contributed by atoms with E-state index >= 15 is 0 Å². The minimum Gasteiger partial charge on any atom is -0.376 e. The number of anilines is 1. The summed E-state index contributed by atoms with van der Waals surface area (Å²) in [7, 11) is 0. The highest BCUT2D eigenvalue weighted by Crippen LogP contribution is 2.31. The molecule has 0 spiro atoms. The van der Waals surface area contributed by atoms with Crippen LogP contribution in [0.5, 0.6) is 0 Å². The fourth-order valence-corrected chi connectivity index (χ4v) is 3.62. The highest BCUT2D eigenvalue weighted by atomic mass is 16.3. The Morgan fingerprint density at radius 2 is 1.63 bits per heavy atom. The van der Waals surface area contributed by atoms with Crippen LogP contribution in [0.4, 0.5) is 5.69 Å². The molecule has 4 aromatic rings. The summed E-state index contributed by atoms with van der Waals surface area (Å²) in [4.78, 5) is 12.7. The molecule has 0 aliphatic rings. The molecule has 4 rings (SSSR count). The van der Waals surface area contributed by atoms with E-state index in [4.69, 9.17) is 0 Å². The minimum atomic E-state index is -1.60. The van der Waals surface area contributed by atoms with E-state index in [1.54, 1.807) is 12.1 Å². The average Bonchev–Trinajstić information content (AvgIpc) is 3.01. The monoisotopic (exact) mass is 358 g/mol. The Labute approximate surface area is 158 Å². The van der Waals surface area contributed by atoms with Gasteiger partial charge in [0.2, 0.25) is 0 Å². The second-order valence-electron chi connectivity index (χ2n) is 6.89. The van der Waals surface area contributed by atoms with Crippen molar-refractivity contribution in [1.82, 2.24) is 4.57 Å². The van der Waals surface area contributed by atoms with Crippen LogP contribution >= 0.6 is 0 Å². The molecule has 136 valence electrons. The van der Waals surface area contributed by atoms with Crippen LogP contribution in [0.1, 0.15) is 19.4 Å². The number of benzene rings is 3. The van der Waals surface area contributed by atoms with Gasteiger partial charge in [-0.3, -0.25) is 4.79 Å². The molecule has 0 aliphatic heterocycles. The Bertz CT molecular complexity index is 1130. The molecule has 1 heterocycles. The number of aliphatic hydroxyl groups is 1. The van der Waals surface area contributed by atoms with Crippen molar-refractivity contribution < 1.29 is 9.90 Å². The number of hydrogen-bond acceptors (Lipinski definition) is 2. The lowest BCUT2D eigenvalue weighted by Gasteiger charge is -2.22. The van der Waals surface area contributed by atoms with Crippen molar-refractivity contribution in [2.45, 2.75) is 26.0 Å². The van der Waals surface area contributed by atoms with Gasteiger partial charge in [-0.1, -0.05) is 48.5 Å². The third-order valence-electron chi connectivity index (χ3n) is 5.12. The molecule has 4 nitrogen and oxygen atoms in total. The largest absolute Gasteiger partial charge is 0.376 e. The fourth-order valence-electron chi connectivity index (χ4n) is 3.62. The molecule has 0 bridgehead atoms. The molecular weight excluding hydrogens is 336 g/mol. The van der Waals surface area contributed by atoms with Gasteiger partial charge in [0, 0.05) is 34.0 Å². The van der Waals surface area contributed by atoms with E-state index in [-0.39, 0.29) is 0 Å². The Balaban J connectivity index is 1.73. The normalized spacial score (nSPS) is 13.6. The minimum absolute atomic E-state index is 0.452. The number of nitrogens with zero attached hydrogens (tertiary/aromatic N) is 1. The lowest BCUT2D eigenvalue weighted by Crippen LogP contribution is -2.37. The van der Waals surface area contributed by atoms with Crippen molar-refractivity contribution in [2.75, 3.05) is 5.32 Å². The number of aromatic nitrogens is 1. The molecule has 1 aromatic heterocycles. The topological polar surface area (TPSA) is 54.3 Å². The summed E-state index contributed by atoms with van der Waals surface area (Å²) in [6.45, 7) is 4.51. The second-order valence-corrected chi connectivity index (χ2v) is 6.89. The first-order valence-corrected chi connectivity index (χ1v) is 9.12. The van der Waals surface area contributed by atoms with E-state index in [0.717, 1.165) is 22.8 Å². The van der Waals surface area contributed by atoms with Gasteiger partial charge in [-0.15, -0.1) is 0 Å². The summed E-state index contributed by atoms with van der Waals surface area (Å²) < 4.78 is 2.26. The van der Waals surface area contributed by atoms with Crippen molar-refractivity contribution in [3.63, 3.8) is 0 Å². The Morgan fingerprint density at radius 3 is 2.37 bits per heavy atom. The zero-order valence-corrected chi connectivity index (χ0v) is 15.4. The molecule has 4 heteroatoms. The van der Waals surface area contributed by atoms with Crippen molar-refractivity contribution in [1.29, 1.82) is 0 Å². The van der Waals surface area contributed by atoms with Gasteiger partial charge >= 0.3 is 0 Å². The molecule has 1 amide bonds. The molecule has 0 saturated carbocycles. The molecule has 3 aromatic carbocycles. The fraction of sp³-hybridized carbons (Fsp3) is 0.174. The molecular formula is C23H22N2O2. The summed E-state index contributed by atoms with van der Waals surface area (Å²) in [5.41, 5.74) is 1.93. The van der Waals surface area contributed by atoms with Gasteiger partial charge in [0.15, 0.2) is 5.60 Å². The quantitative estimate of drug-likeness (QED) is 0.557. The Hall–Kier alpha value is -3.11. The predicted molar refractivity (Wildman–Crippen MR) is 110 cm³/mol. The van der Waals surface area contributed by atoms with E-state index in [1.807, 2.05) is 48.5 Å². The van der Waals surface area contributed by atoms with Gasteiger partial charge in [0.1, 0.15) is 0 Å². The van der Waals surface area contributed by atoms with Crippen LogP contribution in [-0.4, -0.2) is 15.6 Å². The number of amides is 1. The van der Waals surface area contributed by atoms with Gasteiger partial charge in [-0.05, 0) is 43.7 Å². The molecule has 0 fully saturated rings. The molecule has 0 radical (unpaired) electrons. The molecule has 2 N–H and O–H groups in total. The van der Waals surface area contributed by atoms with Crippen molar-refractivity contribution in [2.24, 2.45) is 0 Å². The van der Waals surface area contributed by atoms with Crippen molar-refractivity contribution >= 4 is 33.4 Å². The maximum Gasteiger partial charge on any atom is 0.260 e. The van der Waals surface area contributed by atoms with Crippen LogP contribution in [-0.2, 0) is 16.9 Å². The first-order valence-electron chi connectivity index (χ1n) is 9.12. The summed E-state index contributed by atoms with van der Waals surface area (Å²) in [6.07, 6.45) is 0. The molecule has 0 aliphatic carbocycles. The van der Waals surface area contributed by atoms with E-state index in [2.05, 4.69) is 28.9 Å². The third kappa shape index (κ3) is 2.88. The van der Waals surface area contributed by atoms with E-state index in [0.29, 0.717) is 11.3 Å². The van der Waals surface area contributed by atoms with Crippen LogP contribution in [0.3, 0.4) is 0 Å². The van der Waals surface area contributed by atoms with Gasteiger partial charge < -0.3 is 15.0 Å². The van der Waals surface area contributed by atoms with Crippen LogP contribution in [0.15, 0.2) is 72.8 Å². The number of carbonyl (C=O) groups is 1. The first kappa shape index (κ1) is 17.3. The van der Waals surface area contributed by atoms with Crippen molar-refractivity contribution in [3.8, 4) is 0 Å². The first-order chi connectivity index (χ1) is 13.0. The zero-order valence-electron chi connectivity index (χ0n) is 15.4. The number of hydrogen-bond donors (Lipinski definition) is 2. The lowest BCUT2D eigenvalue weighted by atomic mass is 9.95. The van der Waals surface area contributed by atoms with Crippen molar-refractivity contribution in [3.05, 3.63) is 78.4 Å². The summed E-state index contributed by atoms with van der Waals surface area (Å²) in [5.74, 6) is -0.452.